The fraction of sp³-hybridized carbons (Fsp3) is 0.400. The summed E-state index contributed by atoms with van der Waals surface area (Å²) >= 11 is 0. The molecule has 0 aromatic heterocycles. The molecule has 1 aromatic rings. The van der Waals surface area contributed by atoms with E-state index in [4.69, 9.17) is 5.73 Å². The van der Waals surface area contributed by atoms with Gasteiger partial charge in [-0.3, -0.25) is 0 Å². The van der Waals surface area contributed by atoms with Crippen molar-refractivity contribution in [2.75, 3.05) is 29.9 Å². The van der Waals surface area contributed by atoms with Crippen molar-refractivity contribution in [1.29, 1.82) is 0 Å². The monoisotopic (exact) mass is 244 g/mol. The molecule has 0 aliphatic carbocycles. The second kappa shape index (κ2) is 7.73. The third-order valence-electron chi connectivity index (χ3n) is 1.69. The molecule has 0 saturated carbocycles. The van der Waals surface area contributed by atoms with Crippen LogP contribution < -0.4 is 11.1 Å². The second-order valence-electron chi connectivity index (χ2n) is 2.88. The largest absolute Gasteiger partial charge is 0.506 e. The third kappa shape index (κ3) is 5.20. The number of hydrogen-bond donors (Lipinski definition) is 3. The molecule has 0 radical (unpaired) electrons. The Hall–Kier alpha value is -0.520. The molecule has 0 heterocycles. The molecular formula is C10H16N2OS2. The lowest BCUT2D eigenvalue weighted by Gasteiger charge is -2.07. The maximum absolute atomic E-state index is 9.46. The molecule has 0 atom stereocenters. The maximum Gasteiger partial charge on any atom is 0.138 e. The number of rotatable bonds is 7. The van der Waals surface area contributed by atoms with Crippen LogP contribution in [0.5, 0.6) is 5.75 Å². The van der Waals surface area contributed by atoms with Gasteiger partial charge in [0.15, 0.2) is 0 Å². The lowest BCUT2D eigenvalue weighted by Crippen LogP contribution is -2.04. The molecule has 84 valence electrons. The maximum atomic E-state index is 9.46. The molecule has 0 aliphatic heterocycles. The van der Waals surface area contributed by atoms with Crippen LogP contribution >= 0.6 is 21.6 Å². The lowest BCUT2D eigenvalue weighted by molar-refractivity contribution is 0.477. The normalized spacial score (nSPS) is 10.2. The molecule has 0 bridgehead atoms. The van der Waals surface area contributed by atoms with Crippen LogP contribution in [0.2, 0.25) is 0 Å². The van der Waals surface area contributed by atoms with Crippen molar-refractivity contribution < 1.29 is 5.11 Å². The van der Waals surface area contributed by atoms with Gasteiger partial charge >= 0.3 is 0 Å². The van der Waals surface area contributed by atoms with E-state index in [-0.39, 0.29) is 0 Å². The van der Waals surface area contributed by atoms with E-state index in [0.29, 0.717) is 5.75 Å². The van der Waals surface area contributed by atoms with Crippen LogP contribution in [0, 0.1) is 0 Å². The molecule has 1 aromatic carbocycles. The Morgan fingerprint density at radius 3 is 2.67 bits per heavy atom. The zero-order valence-corrected chi connectivity index (χ0v) is 10.1. The smallest absolute Gasteiger partial charge is 0.138 e. The van der Waals surface area contributed by atoms with Gasteiger partial charge in [-0.1, -0.05) is 33.7 Å². The van der Waals surface area contributed by atoms with E-state index in [2.05, 4.69) is 5.32 Å². The molecule has 0 saturated heterocycles. The molecular weight excluding hydrogens is 228 g/mol. The molecule has 1 rings (SSSR count). The number of aromatic hydroxyl groups is 1. The summed E-state index contributed by atoms with van der Waals surface area (Å²) in [5.41, 5.74) is 6.16. The van der Waals surface area contributed by atoms with Gasteiger partial charge in [0.1, 0.15) is 5.75 Å². The molecule has 0 amide bonds. The molecule has 0 aliphatic rings. The lowest BCUT2D eigenvalue weighted by atomic mass is 10.3. The van der Waals surface area contributed by atoms with Crippen molar-refractivity contribution in [2.24, 2.45) is 5.73 Å². The van der Waals surface area contributed by atoms with Gasteiger partial charge in [-0.2, -0.15) is 0 Å². The predicted octanol–water partition coefficient (Wildman–Crippen LogP) is 2.14. The zero-order valence-electron chi connectivity index (χ0n) is 8.48. The summed E-state index contributed by atoms with van der Waals surface area (Å²) in [5.74, 6) is 2.29. The molecule has 0 unspecified atom stereocenters. The highest BCUT2D eigenvalue weighted by Crippen LogP contribution is 2.23. The van der Waals surface area contributed by atoms with Crippen LogP contribution in [0.3, 0.4) is 0 Å². The SMILES string of the molecule is NCCSSCCNc1ccccc1O. The number of nitrogens with two attached hydrogens (primary N) is 1. The number of anilines is 1. The first kappa shape index (κ1) is 12.5. The Balaban J connectivity index is 2.12. The molecule has 0 fully saturated rings. The van der Waals surface area contributed by atoms with Crippen molar-refractivity contribution in [3.05, 3.63) is 24.3 Å². The van der Waals surface area contributed by atoms with Crippen LogP contribution in [0.15, 0.2) is 24.3 Å². The van der Waals surface area contributed by atoms with Crippen molar-refractivity contribution in [3.8, 4) is 5.75 Å². The number of nitrogens with one attached hydrogen (secondary N) is 1. The fourth-order valence-electron chi connectivity index (χ4n) is 1.02. The van der Waals surface area contributed by atoms with Crippen LogP contribution in [0.1, 0.15) is 0 Å². The minimum absolute atomic E-state index is 0.303. The quantitative estimate of drug-likeness (QED) is 0.390. The van der Waals surface area contributed by atoms with E-state index >= 15 is 0 Å². The van der Waals surface area contributed by atoms with Gasteiger partial charge in [0.2, 0.25) is 0 Å². The van der Waals surface area contributed by atoms with E-state index in [1.165, 1.54) is 0 Å². The Kier molecular flexibility index (Phi) is 6.47. The van der Waals surface area contributed by atoms with Gasteiger partial charge in [0.05, 0.1) is 5.69 Å². The van der Waals surface area contributed by atoms with E-state index in [1.54, 1.807) is 27.7 Å². The van der Waals surface area contributed by atoms with Crippen molar-refractivity contribution >= 4 is 27.3 Å². The van der Waals surface area contributed by atoms with Gasteiger partial charge in [0, 0.05) is 24.6 Å². The number of hydrogen-bond acceptors (Lipinski definition) is 5. The summed E-state index contributed by atoms with van der Waals surface area (Å²) in [6, 6.07) is 7.26. The Labute approximate surface area is 98.2 Å². The van der Waals surface area contributed by atoms with Crippen molar-refractivity contribution in [2.45, 2.75) is 0 Å². The Morgan fingerprint density at radius 1 is 1.20 bits per heavy atom. The van der Waals surface area contributed by atoms with Crippen LogP contribution in [-0.2, 0) is 0 Å². The highest BCUT2D eigenvalue weighted by Gasteiger charge is 1.97. The summed E-state index contributed by atoms with van der Waals surface area (Å²) in [5, 5.41) is 12.6. The fourth-order valence-corrected chi connectivity index (χ4v) is 2.78. The van der Waals surface area contributed by atoms with Crippen molar-refractivity contribution in [1.82, 2.24) is 0 Å². The van der Waals surface area contributed by atoms with Gasteiger partial charge < -0.3 is 16.2 Å². The van der Waals surface area contributed by atoms with Gasteiger partial charge in [-0.05, 0) is 12.1 Å². The zero-order chi connectivity index (χ0) is 10.9. The topological polar surface area (TPSA) is 58.3 Å². The van der Waals surface area contributed by atoms with Crippen molar-refractivity contribution in [3.63, 3.8) is 0 Å². The van der Waals surface area contributed by atoms with E-state index in [9.17, 15) is 5.11 Å². The average Bonchev–Trinajstić information content (AvgIpc) is 2.25. The molecule has 3 nitrogen and oxygen atoms in total. The highest BCUT2D eigenvalue weighted by atomic mass is 33.1. The molecule has 15 heavy (non-hydrogen) atoms. The van der Waals surface area contributed by atoms with E-state index in [1.807, 2.05) is 18.2 Å². The van der Waals surface area contributed by atoms with Crippen LogP contribution in [-0.4, -0.2) is 29.7 Å². The number of phenols is 1. The first-order valence-corrected chi connectivity index (χ1v) is 7.29. The molecule has 4 N–H and O–H groups in total. The third-order valence-corrected chi connectivity index (χ3v) is 4.13. The van der Waals surface area contributed by atoms with E-state index < -0.39 is 0 Å². The van der Waals surface area contributed by atoms with Gasteiger partial charge in [0.25, 0.3) is 0 Å². The Morgan fingerprint density at radius 2 is 1.93 bits per heavy atom. The first-order chi connectivity index (χ1) is 7.34. The predicted molar refractivity (Wildman–Crippen MR) is 70.6 cm³/mol. The van der Waals surface area contributed by atoms with Crippen LogP contribution in [0.4, 0.5) is 5.69 Å². The summed E-state index contributed by atoms with van der Waals surface area (Å²) in [4.78, 5) is 0. The molecule has 0 spiro atoms. The highest BCUT2D eigenvalue weighted by molar-refractivity contribution is 8.76. The van der Waals surface area contributed by atoms with Gasteiger partial charge in [-0.25, -0.2) is 0 Å². The minimum atomic E-state index is 0.303. The number of phenolic OH excluding ortho intramolecular Hbond substituents is 1. The number of para-hydroxylation sites is 2. The average molecular weight is 244 g/mol. The summed E-state index contributed by atoms with van der Waals surface area (Å²) in [6.07, 6.45) is 0. The standard InChI is InChI=1S/C10H16N2OS2/c11-5-7-14-15-8-6-12-9-3-1-2-4-10(9)13/h1-4,12-13H,5-8,11H2. The van der Waals surface area contributed by atoms with Crippen LogP contribution in [0.25, 0.3) is 0 Å². The summed E-state index contributed by atoms with van der Waals surface area (Å²) in [6.45, 7) is 1.57. The minimum Gasteiger partial charge on any atom is -0.506 e. The summed E-state index contributed by atoms with van der Waals surface area (Å²) in [7, 11) is 3.58. The molecule has 5 heteroatoms. The Bertz CT molecular complexity index is 284. The second-order valence-corrected chi connectivity index (χ2v) is 5.58. The van der Waals surface area contributed by atoms with Gasteiger partial charge in [-0.15, -0.1) is 0 Å². The first-order valence-electron chi connectivity index (χ1n) is 4.81. The summed E-state index contributed by atoms with van der Waals surface area (Å²) < 4.78 is 0. The number of benzene rings is 1. The van der Waals surface area contributed by atoms with E-state index in [0.717, 1.165) is 30.3 Å².